The summed E-state index contributed by atoms with van der Waals surface area (Å²) in [6.07, 6.45) is 3.20. The lowest BCUT2D eigenvalue weighted by Gasteiger charge is -1.96. The van der Waals surface area contributed by atoms with E-state index in [1.165, 1.54) is 6.21 Å². The van der Waals surface area contributed by atoms with Crippen LogP contribution in [-0.2, 0) is 0 Å². The molecular weight excluding hydrogens is 164 g/mol. The number of H-pyrrole nitrogens is 1. The highest BCUT2D eigenvalue weighted by molar-refractivity contribution is 6.42. The number of nitrogens with zero attached hydrogens (tertiary/aromatic N) is 1. The van der Waals surface area contributed by atoms with Crippen LogP contribution in [0.25, 0.3) is 10.9 Å². The largest absolute Gasteiger partial charge is 0.361 e. The summed E-state index contributed by atoms with van der Waals surface area (Å²) >= 11 is 0. The van der Waals surface area contributed by atoms with Gasteiger partial charge in [-0.25, -0.2) is 0 Å². The molecule has 0 aliphatic carbocycles. The van der Waals surface area contributed by atoms with Gasteiger partial charge in [0.25, 0.3) is 0 Å². The Morgan fingerprint density at radius 1 is 1.23 bits per heavy atom. The van der Waals surface area contributed by atoms with E-state index in [9.17, 15) is 4.79 Å². The molecule has 0 spiro atoms. The summed E-state index contributed by atoms with van der Waals surface area (Å²) in [5, 5.41) is 0.958. The molecule has 3 nitrogen and oxygen atoms in total. The fraction of sp³-hybridized carbons (Fsp3) is 0. The second kappa shape index (κ2) is 2.07. The van der Waals surface area contributed by atoms with Crippen molar-refractivity contribution >= 4 is 28.6 Å². The Bertz CT molecular complexity index is 537. The molecule has 0 saturated carbocycles. The molecule has 0 fully saturated rings. The van der Waals surface area contributed by atoms with Gasteiger partial charge < -0.3 is 4.98 Å². The Kier molecular flexibility index (Phi) is 1.05. The van der Waals surface area contributed by atoms with Gasteiger partial charge in [-0.3, -0.25) is 9.79 Å². The van der Waals surface area contributed by atoms with E-state index in [0.717, 1.165) is 22.2 Å². The zero-order chi connectivity index (χ0) is 8.84. The number of Topliss-reactive ketones (excluding diaryl/α,β-unsaturated/α-hetero) is 1. The van der Waals surface area contributed by atoms with Crippen LogP contribution in [0.3, 0.4) is 0 Å². The number of aromatic amines is 1. The highest BCUT2D eigenvalue weighted by Crippen LogP contribution is 2.30. The third kappa shape index (κ3) is 0.731. The van der Waals surface area contributed by atoms with E-state index < -0.39 is 0 Å². The van der Waals surface area contributed by atoms with Crippen LogP contribution >= 0.6 is 0 Å². The standard InChI is InChI=1S/C10H6N2O/c13-9-5-12-8-2-1-7-6(10(8)9)3-4-11-7/h1-5,11H. The van der Waals surface area contributed by atoms with Crippen LogP contribution in [0, 0.1) is 0 Å². The van der Waals surface area contributed by atoms with E-state index in [-0.39, 0.29) is 5.78 Å². The second-order valence-electron chi connectivity index (χ2n) is 3.02. The zero-order valence-electron chi connectivity index (χ0n) is 6.74. The summed E-state index contributed by atoms with van der Waals surface area (Å²) in [4.78, 5) is 18.5. The molecule has 13 heavy (non-hydrogen) atoms. The van der Waals surface area contributed by atoms with Gasteiger partial charge in [0.15, 0.2) is 0 Å². The predicted octanol–water partition coefficient (Wildman–Crippen LogP) is 2.07. The third-order valence-electron chi connectivity index (χ3n) is 2.28. The van der Waals surface area contributed by atoms with E-state index >= 15 is 0 Å². The number of aromatic nitrogens is 1. The molecule has 0 radical (unpaired) electrons. The summed E-state index contributed by atoms with van der Waals surface area (Å²) in [6, 6.07) is 5.69. The Balaban J connectivity index is 2.53. The van der Waals surface area contributed by atoms with Gasteiger partial charge in [0.1, 0.15) is 0 Å². The van der Waals surface area contributed by atoms with Crippen molar-refractivity contribution in [1.82, 2.24) is 4.98 Å². The van der Waals surface area contributed by atoms with Crippen molar-refractivity contribution in [2.45, 2.75) is 0 Å². The number of hydrogen-bond acceptors (Lipinski definition) is 2. The molecule has 2 heterocycles. The number of rotatable bonds is 0. The van der Waals surface area contributed by atoms with Crippen LogP contribution in [0.15, 0.2) is 29.4 Å². The lowest BCUT2D eigenvalue weighted by molar-refractivity contribution is 0.107. The first kappa shape index (κ1) is 6.60. The highest BCUT2D eigenvalue weighted by Gasteiger charge is 2.18. The third-order valence-corrected chi connectivity index (χ3v) is 2.28. The number of nitrogens with one attached hydrogen (secondary N) is 1. The maximum atomic E-state index is 11.4. The Labute approximate surface area is 74.1 Å². The number of benzene rings is 1. The van der Waals surface area contributed by atoms with Gasteiger partial charge in [-0.1, -0.05) is 0 Å². The van der Waals surface area contributed by atoms with Crippen LogP contribution in [0.2, 0.25) is 0 Å². The van der Waals surface area contributed by atoms with Crippen LogP contribution in [0.4, 0.5) is 5.69 Å². The topological polar surface area (TPSA) is 45.2 Å². The molecule has 3 rings (SSSR count). The summed E-state index contributed by atoms with van der Waals surface area (Å²) in [7, 11) is 0. The highest BCUT2D eigenvalue weighted by atomic mass is 16.1. The number of fused-ring (bicyclic) bond motifs is 3. The molecule has 1 aliphatic heterocycles. The normalized spacial score (nSPS) is 14.0. The molecule has 62 valence electrons. The smallest absolute Gasteiger partial charge is 0.206 e. The van der Waals surface area contributed by atoms with Gasteiger partial charge in [0.05, 0.1) is 17.5 Å². The van der Waals surface area contributed by atoms with Gasteiger partial charge in [0, 0.05) is 17.1 Å². The van der Waals surface area contributed by atoms with Gasteiger partial charge in [-0.15, -0.1) is 0 Å². The molecule has 0 saturated heterocycles. The summed E-state index contributed by atoms with van der Waals surface area (Å²) < 4.78 is 0. The van der Waals surface area contributed by atoms with E-state index in [1.54, 1.807) is 0 Å². The molecule has 2 aromatic rings. The number of aliphatic imine (C=N–C) groups is 1. The molecule has 0 atom stereocenters. The van der Waals surface area contributed by atoms with Crippen molar-refractivity contribution < 1.29 is 4.79 Å². The molecule has 0 amide bonds. The molecule has 0 unspecified atom stereocenters. The number of carbonyl (C=O) groups excluding carboxylic acids is 1. The molecule has 3 heteroatoms. The lowest BCUT2D eigenvalue weighted by atomic mass is 10.1. The predicted molar refractivity (Wildman–Crippen MR) is 50.8 cm³/mol. The fourth-order valence-electron chi connectivity index (χ4n) is 1.68. The van der Waals surface area contributed by atoms with Crippen LogP contribution in [0.1, 0.15) is 10.4 Å². The average molecular weight is 170 g/mol. The minimum absolute atomic E-state index is 0.000185. The average Bonchev–Trinajstić information content (AvgIpc) is 2.70. The Morgan fingerprint density at radius 3 is 3.08 bits per heavy atom. The monoisotopic (exact) mass is 170 g/mol. The van der Waals surface area contributed by atoms with E-state index in [2.05, 4.69) is 9.98 Å². The van der Waals surface area contributed by atoms with Gasteiger partial charge >= 0.3 is 0 Å². The maximum absolute atomic E-state index is 11.4. The first-order chi connectivity index (χ1) is 6.36. The Hall–Kier alpha value is -1.90. The minimum atomic E-state index is 0.000185. The Morgan fingerprint density at radius 2 is 2.15 bits per heavy atom. The fourth-order valence-corrected chi connectivity index (χ4v) is 1.68. The van der Waals surface area contributed by atoms with Crippen LogP contribution in [-0.4, -0.2) is 17.0 Å². The van der Waals surface area contributed by atoms with Crippen LogP contribution in [0.5, 0.6) is 0 Å². The maximum Gasteiger partial charge on any atom is 0.206 e. The van der Waals surface area contributed by atoms with Crippen molar-refractivity contribution in [3.8, 4) is 0 Å². The second-order valence-corrected chi connectivity index (χ2v) is 3.02. The van der Waals surface area contributed by atoms with Crippen LogP contribution < -0.4 is 0 Å². The molecule has 1 N–H and O–H groups in total. The molecular formula is C10H6N2O. The van der Waals surface area contributed by atoms with Crippen molar-refractivity contribution in [2.75, 3.05) is 0 Å². The minimum Gasteiger partial charge on any atom is -0.361 e. The number of carbonyl (C=O) groups is 1. The summed E-state index contributed by atoms with van der Waals surface area (Å²) in [5.74, 6) is 0.000185. The van der Waals surface area contributed by atoms with Crippen molar-refractivity contribution in [3.63, 3.8) is 0 Å². The van der Waals surface area contributed by atoms with E-state index in [1.807, 2.05) is 24.4 Å². The van der Waals surface area contributed by atoms with Crippen molar-refractivity contribution in [1.29, 1.82) is 0 Å². The first-order valence-corrected chi connectivity index (χ1v) is 4.05. The molecule has 0 bridgehead atoms. The number of ketones is 1. The van der Waals surface area contributed by atoms with E-state index in [4.69, 9.17) is 0 Å². The summed E-state index contributed by atoms with van der Waals surface area (Å²) in [5.41, 5.74) is 2.48. The lowest BCUT2D eigenvalue weighted by Crippen LogP contribution is -1.94. The van der Waals surface area contributed by atoms with Crippen molar-refractivity contribution in [2.24, 2.45) is 4.99 Å². The zero-order valence-corrected chi connectivity index (χ0v) is 6.74. The quantitative estimate of drug-likeness (QED) is 0.646. The summed E-state index contributed by atoms with van der Waals surface area (Å²) in [6.45, 7) is 0. The van der Waals surface area contributed by atoms with Crippen molar-refractivity contribution in [3.05, 3.63) is 30.0 Å². The van der Waals surface area contributed by atoms with Gasteiger partial charge in [0.2, 0.25) is 5.78 Å². The molecule has 1 aromatic carbocycles. The number of hydrogen-bond donors (Lipinski definition) is 1. The van der Waals surface area contributed by atoms with Gasteiger partial charge in [-0.05, 0) is 18.2 Å². The first-order valence-electron chi connectivity index (χ1n) is 4.05. The van der Waals surface area contributed by atoms with E-state index in [0.29, 0.717) is 0 Å². The SMILES string of the molecule is O=C1C=Nc2ccc3[nH]ccc3c21. The molecule has 1 aromatic heterocycles. The van der Waals surface area contributed by atoms with Gasteiger partial charge in [-0.2, -0.15) is 0 Å². The molecule has 1 aliphatic rings.